The fraction of sp³-hybridized carbons (Fsp3) is 0.417. The van der Waals surface area contributed by atoms with E-state index >= 15 is 0 Å². The quantitative estimate of drug-likeness (QED) is 0.852. The maximum atomic E-state index is 13.0. The molecule has 94 valence electrons. The zero-order valence-corrected chi connectivity index (χ0v) is 10.6. The van der Waals surface area contributed by atoms with Gasteiger partial charge in [-0.15, -0.1) is 0 Å². The third-order valence-electron chi connectivity index (χ3n) is 2.29. The molecule has 1 rings (SSSR count). The second-order valence-electron chi connectivity index (χ2n) is 3.71. The number of carbonyl (C=O) groups is 1. The third kappa shape index (κ3) is 4.26. The Balaban J connectivity index is 2.56. The monoisotopic (exact) mass is 258 g/mol. The predicted molar refractivity (Wildman–Crippen MR) is 65.9 cm³/mol. The van der Waals surface area contributed by atoms with Crippen LogP contribution in [0.3, 0.4) is 0 Å². The zero-order valence-electron chi connectivity index (χ0n) is 9.77. The van der Waals surface area contributed by atoms with Crippen molar-refractivity contribution in [2.45, 2.75) is 12.7 Å². The molecule has 0 heterocycles. The lowest BCUT2D eigenvalue weighted by atomic mass is 10.2. The van der Waals surface area contributed by atoms with Gasteiger partial charge in [-0.25, -0.2) is 4.39 Å². The normalized spacial score (nSPS) is 12.2. The molecule has 1 atom stereocenters. The topological polar surface area (TPSA) is 46.5 Å². The first-order valence-electron chi connectivity index (χ1n) is 5.17. The van der Waals surface area contributed by atoms with Crippen LogP contribution in [0.2, 0.25) is 0 Å². The van der Waals surface area contributed by atoms with Crippen molar-refractivity contribution in [1.82, 2.24) is 0 Å². The van der Waals surface area contributed by atoms with Gasteiger partial charge in [-0.05, 0) is 18.2 Å². The number of carboxylic acid groups (broad SMARTS) is 1. The molecule has 0 aliphatic rings. The summed E-state index contributed by atoms with van der Waals surface area (Å²) in [4.78, 5) is 10.6. The Bertz CT molecular complexity index is 395. The molecule has 0 saturated carbocycles. The van der Waals surface area contributed by atoms with E-state index in [0.717, 1.165) is 5.56 Å². The first kappa shape index (κ1) is 13.8. The number of carboxylic acids is 1. The van der Waals surface area contributed by atoms with Crippen molar-refractivity contribution >= 4 is 17.7 Å². The Hall–Kier alpha value is -1.23. The van der Waals surface area contributed by atoms with Crippen molar-refractivity contribution in [2.75, 3.05) is 12.9 Å². The van der Waals surface area contributed by atoms with Crippen molar-refractivity contribution in [3.05, 3.63) is 29.6 Å². The Labute approximate surface area is 104 Å². The van der Waals surface area contributed by atoms with Gasteiger partial charge in [0.1, 0.15) is 11.6 Å². The Morgan fingerprint density at radius 2 is 2.29 bits per heavy atom. The minimum Gasteiger partial charge on any atom is -0.496 e. The number of hydrogen-bond acceptors (Lipinski definition) is 3. The summed E-state index contributed by atoms with van der Waals surface area (Å²) in [7, 11) is 1.53. The summed E-state index contributed by atoms with van der Waals surface area (Å²) in [6, 6.07) is 4.33. The average Bonchev–Trinajstić information content (AvgIpc) is 2.29. The van der Waals surface area contributed by atoms with Gasteiger partial charge in [-0.2, -0.15) is 11.8 Å². The first-order valence-corrected chi connectivity index (χ1v) is 6.33. The number of halogens is 1. The molecular formula is C12H15FO3S. The van der Waals surface area contributed by atoms with Gasteiger partial charge in [0.05, 0.1) is 13.0 Å². The van der Waals surface area contributed by atoms with Crippen LogP contribution in [0.25, 0.3) is 0 Å². The molecule has 0 aliphatic heterocycles. The van der Waals surface area contributed by atoms with Gasteiger partial charge in [0.15, 0.2) is 0 Å². The minimum atomic E-state index is -0.816. The van der Waals surface area contributed by atoms with Crippen LogP contribution in [0.5, 0.6) is 5.75 Å². The first-order chi connectivity index (χ1) is 8.04. The van der Waals surface area contributed by atoms with Gasteiger partial charge in [0.25, 0.3) is 0 Å². The zero-order chi connectivity index (χ0) is 12.8. The summed E-state index contributed by atoms with van der Waals surface area (Å²) in [6.07, 6.45) is 0. The lowest BCUT2D eigenvalue weighted by Crippen LogP contribution is -2.11. The second-order valence-corrected chi connectivity index (χ2v) is 4.74. The Morgan fingerprint density at radius 1 is 1.59 bits per heavy atom. The molecule has 5 heteroatoms. The number of hydrogen-bond donors (Lipinski definition) is 1. The molecule has 1 N–H and O–H groups in total. The van der Waals surface area contributed by atoms with E-state index in [4.69, 9.17) is 9.84 Å². The molecule has 1 aromatic carbocycles. The SMILES string of the molecule is COc1ccc(F)cc1CSCC(C)C(=O)O. The molecule has 0 fully saturated rings. The van der Waals surface area contributed by atoms with E-state index in [0.29, 0.717) is 17.3 Å². The lowest BCUT2D eigenvalue weighted by molar-refractivity contribution is -0.140. The molecule has 0 spiro atoms. The van der Waals surface area contributed by atoms with Gasteiger partial charge in [0.2, 0.25) is 0 Å². The van der Waals surface area contributed by atoms with E-state index in [1.165, 1.54) is 31.0 Å². The maximum Gasteiger partial charge on any atom is 0.307 e. The van der Waals surface area contributed by atoms with Crippen LogP contribution in [-0.2, 0) is 10.5 Å². The summed E-state index contributed by atoms with van der Waals surface area (Å²) in [5.74, 6) is 0.130. The van der Waals surface area contributed by atoms with Crippen LogP contribution in [0.1, 0.15) is 12.5 Å². The van der Waals surface area contributed by atoms with Gasteiger partial charge >= 0.3 is 5.97 Å². The van der Waals surface area contributed by atoms with E-state index in [-0.39, 0.29) is 5.82 Å². The van der Waals surface area contributed by atoms with Gasteiger partial charge < -0.3 is 9.84 Å². The number of methoxy groups -OCH3 is 1. The van der Waals surface area contributed by atoms with Gasteiger partial charge in [-0.1, -0.05) is 6.92 Å². The highest BCUT2D eigenvalue weighted by atomic mass is 32.2. The molecule has 0 radical (unpaired) electrons. The highest BCUT2D eigenvalue weighted by Crippen LogP contribution is 2.25. The average molecular weight is 258 g/mol. The van der Waals surface area contributed by atoms with Crippen LogP contribution >= 0.6 is 11.8 Å². The molecule has 0 bridgehead atoms. The summed E-state index contributed by atoms with van der Waals surface area (Å²) in [5.41, 5.74) is 0.745. The molecule has 0 aliphatic carbocycles. The Morgan fingerprint density at radius 3 is 2.88 bits per heavy atom. The maximum absolute atomic E-state index is 13.0. The molecular weight excluding hydrogens is 243 g/mol. The van der Waals surface area contributed by atoms with Crippen LogP contribution in [0.15, 0.2) is 18.2 Å². The van der Waals surface area contributed by atoms with Crippen molar-refractivity contribution in [3.8, 4) is 5.75 Å². The van der Waals surface area contributed by atoms with Crippen molar-refractivity contribution in [3.63, 3.8) is 0 Å². The number of benzene rings is 1. The second kappa shape index (κ2) is 6.49. The highest BCUT2D eigenvalue weighted by molar-refractivity contribution is 7.98. The molecule has 1 unspecified atom stereocenters. The van der Waals surface area contributed by atoms with Crippen molar-refractivity contribution in [1.29, 1.82) is 0 Å². The van der Waals surface area contributed by atoms with E-state index in [1.54, 1.807) is 13.0 Å². The fourth-order valence-electron chi connectivity index (χ4n) is 1.28. The number of ether oxygens (including phenoxy) is 1. The standard InChI is InChI=1S/C12H15FO3S/c1-8(12(14)15)6-17-7-9-5-10(13)3-4-11(9)16-2/h3-5,8H,6-7H2,1-2H3,(H,14,15). The largest absolute Gasteiger partial charge is 0.496 e. The third-order valence-corrected chi connectivity index (χ3v) is 3.54. The molecule has 3 nitrogen and oxygen atoms in total. The molecule has 0 amide bonds. The predicted octanol–water partition coefficient (Wildman–Crippen LogP) is 2.79. The van der Waals surface area contributed by atoms with E-state index in [1.807, 2.05) is 0 Å². The highest BCUT2D eigenvalue weighted by Gasteiger charge is 2.11. The molecule has 0 aromatic heterocycles. The van der Waals surface area contributed by atoms with Crippen molar-refractivity contribution < 1.29 is 19.0 Å². The summed E-state index contributed by atoms with van der Waals surface area (Å²) >= 11 is 1.45. The van der Waals surface area contributed by atoms with E-state index in [2.05, 4.69) is 0 Å². The summed E-state index contributed by atoms with van der Waals surface area (Å²) < 4.78 is 18.1. The van der Waals surface area contributed by atoms with Gasteiger partial charge in [0, 0.05) is 17.1 Å². The number of thioether (sulfide) groups is 1. The summed E-state index contributed by atoms with van der Waals surface area (Å²) in [6.45, 7) is 1.65. The summed E-state index contributed by atoms with van der Waals surface area (Å²) in [5, 5.41) is 8.73. The number of rotatable bonds is 6. The van der Waals surface area contributed by atoms with Crippen LogP contribution in [0, 0.1) is 11.7 Å². The lowest BCUT2D eigenvalue weighted by Gasteiger charge is -2.09. The Kier molecular flexibility index (Phi) is 5.28. The number of aliphatic carboxylic acids is 1. The smallest absolute Gasteiger partial charge is 0.307 e. The van der Waals surface area contributed by atoms with Gasteiger partial charge in [-0.3, -0.25) is 4.79 Å². The fourth-order valence-corrected chi connectivity index (χ4v) is 2.34. The minimum absolute atomic E-state index is 0.312. The molecule has 1 aromatic rings. The van der Waals surface area contributed by atoms with Crippen LogP contribution in [0.4, 0.5) is 4.39 Å². The van der Waals surface area contributed by atoms with E-state index in [9.17, 15) is 9.18 Å². The van der Waals surface area contributed by atoms with Crippen LogP contribution < -0.4 is 4.74 Å². The van der Waals surface area contributed by atoms with Crippen LogP contribution in [-0.4, -0.2) is 23.9 Å². The molecule has 17 heavy (non-hydrogen) atoms. The molecule has 0 saturated heterocycles. The van der Waals surface area contributed by atoms with Crippen molar-refractivity contribution in [2.24, 2.45) is 5.92 Å². The van der Waals surface area contributed by atoms with E-state index < -0.39 is 11.9 Å².